The van der Waals surface area contributed by atoms with Crippen molar-refractivity contribution in [1.82, 2.24) is 15.1 Å². The second-order valence-corrected chi connectivity index (χ2v) is 6.38. The lowest BCUT2D eigenvalue weighted by Gasteiger charge is -2.16. The van der Waals surface area contributed by atoms with E-state index in [1.165, 1.54) is 0 Å². The monoisotopic (exact) mass is 333 g/mol. The molecular weight excluding hydrogens is 310 g/mol. The molecule has 0 saturated carbocycles. The van der Waals surface area contributed by atoms with Crippen molar-refractivity contribution in [3.8, 4) is 0 Å². The predicted octanol–water partition coefficient (Wildman–Crippen LogP) is 0.757. The Bertz CT molecular complexity index is 599. The minimum absolute atomic E-state index is 0.0192. The van der Waals surface area contributed by atoms with Gasteiger partial charge in [-0.1, -0.05) is 0 Å². The third-order valence-electron chi connectivity index (χ3n) is 4.59. The molecule has 7 heteroatoms. The molecule has 2 fully saturated rings. The number of nitrogens with zero attached hydrogens (tertiary/aromatic N) is 2. The first-order valence-corrected chi connectivity index (χ1v) is 8.49. The van der Waals surface area contributed by atoms with Crippen molar-refractivity contribution < 1.29 is 18.8 Å². The molecule has 2 aliphatic rings. The van der Waals surface area contributed by atoms with Crippen LogP contribution < -0.4 is 5.32 Å². The second-order valence-electron chi connectivity index (χ2n) is 6.38. The molecule has 0 bridgehead atoms. The number of furan rings is 1. The van der Waals surface area contributed by atoms with Gasteiger partial charge in [0.1, 0.15) is 5.76 Å². The van der Waals surface area contributed by atoms with Gasteiger partial charge in [-0.05, 0) is 25.0 Å². The molecule has 7 nitrogen and oxygen atoms in total. The molecule has 1 N–H and O–H groups in total. The molecule has 1 atom stereocenters. The van der Waals surface area contributed by atoms with Crippen LogP contribution in [0.15, 0.2) is 22.8 Å². The summed E-state index contributed by atoms with van der Waals surface area (Å²) in [6.07, 6.45) is 4.14. The van der Waals surface area contributed by atoms with Crippen LogP contribution in [0, 0.1) is 5.92 Å². The summed E-state index contributed by atoms with van der Waals surface area (Å²) in [5.41, 5.74) is 0. The average molecular weight is 333 g/mol. The van der Waals surface area contributed by atoms with Gasteiger partial charge >= 0.3 is 0 Å². The quantitative estimate of drug-likeness (QED) is 0.747. The number of nitrogens with one attached hydrogen (secondary N) is 1. The minimum Gasteiger partial charge on any atom is -0.467 e. The molecule has 24 heavy (non-hydrogen) atoms. The lowest BCUT2D eigenvalue weighted by Crippen LogP contribution is -2.35. The number of rotatable bonds is 7. The Kier molecular flexibility index (Phi) is 5.17. The number of carbonyl (C=O) groups excluding carboxylic acids is 3. The third-order valence-corrected chi connectivity index (χ3v) is 4.59. The van der Waals surface area contributed by atoms with Crippen LogP contribution in [-0.4, -0.2) is 53.7 Å². The zero-order chi connectivity index (χ0) is 16.9. The van der Waals surface area contributed by atoms with Gasteiger partial charge in [0.05, 0.1) is 18.7 Å². The van der Waals surface area contributed by atoms with Crippen molar-refractivity contribution >= 4 is 17.7 Å². The number of carbonyl (C=O) groups is 3. The van der Waals surface area contributed by atoms with Gasteiger partial charge in [-0.3, -0.25) is 14.4 Å². The fourth-order valence-electron chi connectivity index (χ4n) is 3.26. The van der Waals surface area contributed by atoms with Crippen molar-refractivity contribution in [3.05, 3.63) is 24.2 Å². The first-order chi connectivity index (χ1) is 11.6. The zero-order valence-corrected chi connectivity index (χ0v) is 13.7. The summed E-state index contributed by atoms with van der Waals surface area (Å²) in [7, 11) is 0. The maximum Gasteiger partial charge on any atom is 0.225 e. The van der Waals surface area contributed by atoms with Gasteiger partial charge in [0.15, 0.2) is 0 Å². The van der Waals surface area contributed by atoms with Crippen molar-refractivity contribution in [1.29, 1.82) is 0 Å². The van der Waals surface area contributed by atoms with Gasteiger partial charge in [-0.15, -0.1) is 0 Å². The maximum absolute atomic E-state index is 12.2. The van der Waals surface area contributed by atoms with Crippen LogP contribution in [0.3, 0.4) is 0 Å². The number of likely N-dealkylation sites (tertiary alicyclic amines) is 2. The molecule has 0 aliphatic carbocycles. The largest absolute Gasteiger partial charge is 0.467 e. The van der Waals surface area contributed by atoms with E-state index in [9.17, 15) is 14.4 Å². The molecular formula is C17H23N3O4. The van der Waals surface area contributed by atoms with E-state index in [1.807, 2.05) is 11.0 Å². The molecule has 2 saturated heterocycles. The Morgan fingerprint density at radius 2 is 2.17 bits per heavy atom. The van der Waals surface area contributed by atoms with Crippen molar-refractivity contribution in [2.24, 2.45) is 5.92 Å². The zero-order valence-electron chi connectivity index (χ0n) is 13.7. The van der Waals surface area contributed by atoms with Crippen LogP contribution in [0.5, 0.6) is 0 Å². The molecule has 130 valence electrons. The van der Waals surface area contributed by atoms with E-state index in [-0.39, 0.29) is 30.1 Å². The summed E-state index contributed by atoms with van der Waals surface area (Å²) >= 11 is 0. The Hall–Kier alpha value is -2.31. The van der Waals surface area contributed by atoms with Gasteiger partial charge in [-0.25, -0.2) is 0 Å². The van der Waals surface area contributed by atoms with E-state index in [2.05, 4.69) is 5.32 Å². The van der Waals surface area contributed by atoms with Gasteiger partial charge in [0.2, 0.25) is 17.7 Å². The molecule has 3 amide bonds. The van der Waals surface area contributed by atoms with E-state index in [0.717, 1.165) is 25.1 Å². The molecule has 1 unspecified atom stereocenters. The molecule has 0 radical (unpaired) electrons. The van der Waals surface area contributed by atoms with Crippen LogP contribution in [-0.2, 0) is 20.9 Å². The van der Waals surface area contributed by atoms with Gasteiger partial charge in [0.25, 0.3) is 0 Å². The topological polar surface area (TPSA) is 82.9 Å². The maximum atomic E-state index is 12.2. The van der Waals surface area contributed by atoms with E-state index in [1.54, 1.807) is 17.2 Å². The second kappa shape index (κ2) is 7.51. The molecule has 3 rings (SSSR count). The van der Waals surface area contributed by atoms with Gasteiger partial charge in [0, 0.05) is 39.0 Å². The Morgan fingerprint density at radius 1 is 1.29 bits per heavy atom. The van der Waals surface area contributed by atoms with Crippen LogP contribution in [0.2, 0.25) is 0 Å². The van der Waals surface area contributed by atoms with E-state index >= 15 is 0 Å². The smallest absolute Gasteiger partial charge is 0.225 e. The lowest BCUT2D eigenvalue weighted by molar-refractivity contribution is -0.129. The molecule has 0 aromatic carbocycles. The highest BCUT2D eigenvalue weighted by Crippen LogP contribution is 2.20. The SMILES string of the molecule is O=C(NCCCN1CCCC1=O)C1CC(=O)N(Cc2ccco2)C1. The van der Waals surface area contributed by atoms with Gasteiger partial charge < -0.3 is 19.5 Å². The van der Waals surface area contributed by atoms with Gasteiger partial charge in [-0.2, -0.15) is 0 Å². The fourth-order valence-corrected chi connectivity index (χ4v) is 3.26. The predicted molar refractivity (Wildman–Crippen MR) is 85.7 cm³/mol. The third kappa shape index (κ3) is 3.96. The van der Waals surface area contributed by atoms with Crippen LogP contribution in [0.1, 0.15) is 31.4 Å². The Labute approximate surface area is 141 Å². The minimum atomic E-state index is -0.305. The molecule has 0 spiro atoms. The molecule has 2 aliphatic heterocycles. The first kappa shape index (κ1) is 16.5. The van der Waals surface area contributed by atoms with Crippen molar-refractivity contribution in [2.75, 3.05) is 26.2 Å². The lowest BCUT2D eigenvalue weighted by atomic mass is 10.1. The van der Waals surface area contributed by atoms with Crippen LogP contribution in [0.25, 0.3) is 0 Å². The van der Waals surface area contributed by atoms with Crippen LogP contribution in [0.4, 0.5) is 0 Å². The fraction of sp³-hybridized carbons (Fsp3) is 0.588. The van der Waals surface area contributed by atoms with Crippen molar-refractivity contribution in [2.45, 2.75) is 32.2 Å². The summed E-state index contributed by atoms with van der Waals surface area (Å²) in [6.45, 7) is 2.88. The summed E-state index contributed by atoms with van der Waals surface area (Å²) in [4.78, 5) is 39.2. The highest BCUT2D eigenvalue weighted by Gasteiger charge is 2.34. The summed E-state index contributed by atoms with van der Waals surface area (Å²) < 4.78 is 5.25. The first-order valence-electron chi connectivity index (χ1n) is 8.49. The molecule has 3 heterocycles. The highest BCUT2D eigenvalue weighted by atomic mass is 16.3. The van der Waals surface area contributed by atoms with E-state index in [4.69, 9.17) is 4.42 Å². The Morgan fingerprint density at radius 3 is 2.88 bits per heavy atom. The summed E-state index contributed by atoms with van der Waals surface area (Å²) in [6, 6.07) is 3.60. The van der Waals surface area contributed by atoms with E-state index < -0.39 is 0 Å². The average Bonchev–Trinajstić information content (AvgIpc) is 3.28. The summed E-state index contributed by atoms with van der Waals surface area (Å²) in [5, 5.41) is 2.88. The van der Waals surface area contributed by atoms with Crippen LogP contribution >= 0.6 is 0 Å². The van der Waals surface area contributed by atoms with E-state index in [0.29, 0.717) is 32.6 Å². The number of amides is 3. The summed E-state index contributed by atoms with van der Waals surface area (Å²) in [5.74, 6) is 0.518. The number of hydrogen-bond acceptors (Lipinski definition) is 4. The van der Waals surface area contributed by atoms with Crippen molar-refractivity contribution in [3.63, 3.8) is 0 Å². The standard InChI is InChI=1S/C17H23N3O4/c21-15-5-1-7-19(15)8-3-6-18-17(23)13-10-16(22)20(11-13)12-14-4-2-9-24-14/h2,4,9,13H,1,3,5-8,10-12H2,(H,18,23). The number of hydrogen-bond donors (Lipinski definition) is 1. The normalized spacial score (nSPS) is 20.9. The highest BCUT2D eigenvalue weighted by molar-refractivity contribution is 5.89. The Balaban J connectivity index is 1.37. The molecule has 1 aromatic rings. The molecule has 1 aromatic heterocycles.